The highest BCUT2D eigenvalue weighted by Gasteiger charge is 2.06. The third-order valence-electron chi connectivity index (χ3n) is 1.55. The average molecular weight is 198 g/mol. The molecule has 1 aromatic heterocycles. The smallest absolute Gasteiger partial charge is 0.251 e. The summed E-state index contributed by atoms with van der Waals surface area (Å²) in [6, 6.07) is 2.44. The highest BCUT2D eigenvalue weighted by atomic mass is 19.1. The van der Waals surface area contributed by atoms with Gasteiger partial charge in [-0.3, -0.25) is 4.79 Å². The minimum Gasteiger partial charge on any atom is -0.392 e. The van der Waals surface area contributed by atoms with E-state index < -0.39 is 18.0 Å². The minimum atomic E-state index is -0.699. The molecule has 1 aromatic rings. The number of hydrogen-bond acceptors (Lipinski definition) is 3. The molecule has 1 atom stereocenters. The predicted octanol–water partition coefficient (Wildman–Crippen LogP) is 0.331. The third-order valence-corrected chi connectivity index (χ3v) is 1.55. The number of nitrogens with zero attached hydrogens (tertiary/aromatic N) is 1. The maximum Gasteiger partial charge on any atom is 0.251 e. The van der Waals surface area contributed by atoms with Gasteiger partial charge in [-0.15, -0.1) is 0 Å². The van der Waals surface area contributed by atoms with E-state index in [4.69, 9.17) is 5.11 Å². The quantitative estimate of drug-likeness (QED) is 0.688. The number of amides is 1. The lowest BCUT2D eigenvalue weighted by Gasteiger charge is -2.06. The van der Waals surface area contributed by atoms with E-state index in [9.17, 15) is 9.18 Å². The number of aliphatic hydroxyl groups is 1. The van der Waals surface area contributed by atoms with Gasteiger partial charge in [0.2, 0.25) is 5.95 Å². The molecule has 1 amide bonds. The summed E-state index contributed by atoms with van der Waals surface area (Å²) in [6.07, 6.45) is 0.595. The van der Waals surface area contributed by atoms with Crippen LogP contribution in [0.3, 0.4) is 0 Å². The van der Waals surface area contributed by atoms with Gasteiger partial charge in [0.25, 0.3) is 5.91 Å². The van der Waals surface area contributed by atoms with Crippen molar-refractivity contribution in [1.29, 1.82) is 0 Å². The molecule has 5 heteroatoms. The highest BCUT2D eigenvalue weighted by Crippen LogP contribution is 1.99. The van der Waals surface area contributed by atoms with Crippen molar-refractivity contribution in [2.75, 3.05) is 6.54 Å². The van der Waals surface area contributed by atoms with Gasteiger partial charge in [-0.1, -0.05) is 0 Å². The number of hydrogen-bond donors (Lipinski definition) is 2. The fourth-order valence-corrected chi connectivity index (χ4v) is 0.886. The maximum atomic E-state index is 12.6. The Balaban J connectivity index is 2.61. The van der Waals surface area contributed by atoms with Crippen LogP contribution in [0.15, 0.2) is 18.3 Å². The molecule has 0 fully saturated rings. The Morgan fingerprint density at radius 2 is 2.50 bits per heavy atom. The van der Waals surface area contributed by atoms with Crippen LogP contribution < -0.4 is 5.32 Å². The summed E-state index contributed by atoms with van der Waals surface area (Å²) in [6.45, 7) is 1.69. The number of rotatable bonds is 3. The summed E-state index contributed by atoms with van der Waals surface area (Å²) in [5.41, 5.74) is 0.193. The van der Waals surface area contributed by atoms with Gasteiger partial charge in [-0.2, -0.15) is 4.39 Å². The van der Waals surface area contributed by atoms with E-state index in [1.54, 1.807) is 6.92 Å². The lowest BCUT2D eigenvalue weighted by molar-refractivity contribution is 0.0923. The summed E-state index contributed by atoms with van der Waals surface area (Å²) >= 11 is 0. The molecular formula is C9H11FN2O2. The first-order chi connectivity index (χ1) is 6.59. The zero-order valence-corrected chi connectivity index (χ0v) is 7.70. The first-order valence-electron chi connectivity index (χ1n) is 4.17. The van der Waals surface area contributed by atoms with Crippen LogP contribution >= 0.6 is 0 Å². The fourth-order valence-electron chi connectivity index (χ4n) is 0.886. The molecule has 1 heterocycles. The number of aromatic nitrogens is 1. The Kier molecular flexibility index (Phi) is 3.53. The van der Waals surface area contributed by atoms with Crippen LogP contribution in [0.25, 0.3) is 0 Å². The molecule has 2 N–H and O–H groups in total. The molecule has 0 saturated carbocycles. The van der Waals surface area contributed by atoms with Gasteiger partial charge in [-0.05, 0) is 13.0 Å². The van der Waals surface area contributed by atoms with Crippen LogP contribution in [0, 0.1) is 5.95 Å². The molecule has 1 rings (SSSR count). The fraction of sp³-hybridized carbons (Fsp3) is 0.333. The number of halogens is 1. The van der Waals surface area contributed by atoms with E-state index >= 15 is 0 Å². The van der Waals surface area contributed by atoms with Crippen molar-refractivity contribution in [2.45, 2.75) is 13.0 Å². The molecule has 0 saturated heterocycles. The Morgan fingerprint density at radius 1 is 1.79 bits per heavy atom. The van der Waals surface area contributed by atoms with Crippen LogP contribution in [0.2, 0.25) is 0 Å². The monoisotopic (exact) mass is 198 g/mol. The number of carbonyl (C=O) groups excluding carboxylic acids is 1. The van der Waals surface area contributed by atoms with Crippen LogP contribution in [-0.4, -0.2) is 28.6 Å². The molecule has 0 aliphatic rings. The lowest BCUT2D eigenvalue weighted by Crippen LogP contribution is -2.30. The van der Waals surface area contributed by atoms with Crippen molar-refractivity contribution >= 4 is 5.91 Å². The normalized spacial score (nSPS) is 12.2. The van der Waals surface area contributed by atoms with E-state index in [1.165, 1.54) is 12.3 Å². The molecule has 0 aliphatic carbocycles. The first kappa shape index (κ1) is 10.6. The highest BCUT2D eigenvalue weighted by molar-refractivity contribution is 5.93. The molecular weight excluding hydrogens is 187 g/mol. The molecule has 0 aromatic carbocycles. The predicted molar refractivity (Wildman–Crippen MR) is 48.2 cm³/mol. The van der Waals surface area contributed by atoms with Gasteiger partial charge in [0.1, 0.15) is 0 Å². The number of nitrogens with one attached hydrogen (secondary N) is 1. The molecule has 14 heavy (non-hydrogen) atoms. The molecule has 0 bridgehead atoms. The molecule has 0 spiro atoms. The molecule has 0 aliphatic heterocycles. The topological polar surface area (TPSA) is 62.2 Å². The van der Waals surface area contributed by atoms with Crippen LogP contribution in [0.1, 0.15) is 17.3 Å². The first-order valence-corrected chi connectivity index (χ1v) is 4.17. The van der Waals surface area contributed by atoms with Gasteiger partial charge in [0.05, 0.1) is 6.10 Å². The molecule has 4 nitrogen and oxygen atoms in total. The van der Waals surface area contributed by atoms with Crippen LogP contribution in [0.4, 0.5) is 4.39 Å². The van der Waals surface area contributed by atoms with Crippen LogP contribution in [-0.2, 0) is 0 Å². The Bertz CT molecular complexity index is 328. The number of carbonyl (C=O) groups is 1. The summed E-state index contributed by atoms with van der Waals surface area (Å²) < 4.78 is 12.6. The second-order valence-corrected chi connectivity index (χ2v) is 2.93. The Labute approximate surface area is 80.8 Å². The van der Waals surface area contributed by atoms with Gasteiger partial charge < -0.3 is 10.4 Å². The van der Waals surface area contributed by atoms with Crippen molar-refractivity contribution in [3.8, 4) is 0 Å². The molecule has 0 radical (unpaired) electrons. The van der Waals surface area contributed by atoms with Crippen molar-refractivity contribution < 1.29 is 14.3 Å². The van der Waals surface area contributed by atoms with Crippen molar-refractivity contribution in [1.82, 2.24) is 10.3 Å². The SMILES string of the molecule is C[C@H](O)CNC(=O)c1ccnc(F)c1. The van der Waals surface area contributed by atoms with Crippen molar-refractivity contribution in [2.24, 2.45) is 0 Å². The molecule has 0 unspecified atom stereocenters. The summed E-state index contributed by atoms with van der Waals surface area (Å²) in [4.78, 5) is 14.6. The zero-order valence-electron chi connectivity index (χ0n) is 7.70. The summed E-state index contributed by atoms with van der Waals surface area (Å²) in [7, 11) is 0. The van der Waals surface area contributed by atoms with Gasteiger partial charge in [0.15, 0.2) is 0 Å². The number of pyridine rings is 1. The Hall–Kier alpha value is -1.49. The second kappa shape index (κ2) is 4.66. The third kappa shape index (κ3) is 3.10. The molecule has 76 valence electrons. The average Bonchev–Trinajstić information content (AvgIpc) is 2.14. The minimum absolute atomic E-state index is 0.142. The lowest BCUT2D eigenvalue weighted by atomic mass is 10.2. The van der Waals surface area contributed by atoms with E-state index in [1.807, 2.05) is 0 Å². The van der Waals surface area contributed by atoms with Gasteiger partial charge in [-0.25, -0.2) is 4.98 Å². The summed E-state index contributed by atoms with van der Waals surface area (Å²) in [5, 5.41) is 11.3. The zero-order chi connectivity index (χ0) is 10.6. The maximum absolute atomic E-state index is 12.6. The second-order valence-electron chi connectivity index (χ2n) is 2.93. The van der Waals surface area contributed by atoms with Crippen molar-refractivity contribution in [3.05, 3.63) is 29.8 Å². The summed E-state index contributed by atoms with van der Waals surface area (Å²) in [5.74, 6) is -1.12. The van der Waals surface area contributed by atoms with E-state index in [0.29, 0.717) is 0 Å². The largest absolute Gasteiger partial charge is 0.392 e. The van der Waals surface area contributed by atoms with Crippen LogP contribution in [0.5, 0.6) is 0 Å². The Morgan fingerprint density at radius 3 is 3.07 bits per heavy atom. The van der Waals surface area contributed by atoms with E-state index in [-0.39, 0.29) is 12.1 Å². The van der Waals surface area contributed by atoms with Gasteiger partial charge >= 0.3 is 0 Å². The van der Waals surface area contributed by atoms with E-state index in [2.05, 4.69) is 10.3 Å². The number of aliphatic hydroxyl groups excluding tert-OH is 1. The van der Waals surface area contributed by atoms with Gasteiger partial charge in [0, 0.05) is 24.4 Å². The van der Waals surface area contributed by atoms with E-state index in [0.717, 1.165) is 6.07 Å². The van der Waals surface area contributed by atoms with Crippen molar-refractivity contribution in [3.63, 3.8) is 0 Å². The standard InChI is InChI=1S/C9H11FN2O2/c1-6(13)5-12-9(14)7-2-3-11-8(10)4-7/h2-4,6,13H,5H2,1H3,(H,12,14)/t6-/m0/s1.